The van der Waals surface area contributed by atoms with Crippen molar-refractivity contribution in [3.05, 3.63) is 23.8 Å². The van der Waals surface area contributed by atoms with E-state index in [1.54, 1.807) is 7.11 Å². The van der Waals surface area contributed by atoms with Gasteiger partial charge in [-0.05, 0) is 37.5 Å². The highest BCUT2D eigenvalue weighted by molar-refractivity contribution is 6.27. The maximum Gasteiger partial charge on any atom is 0.414 e. The van der Waals surface area contributed by atoms with Gasteiger partial charge in [-0.3, -0.25) is 9.80 Å². The monoisotopic (exact) mass is 410 g/mol. The van der Waals surface area contributed by atoms with Crippen LogP contribution < -0.4 is 9.47 Å². The Morgan fingerprint density at radius 3 is 2.03 bits per heavy atom. The zero-order valence-corrected chi connectivity index (χ0v) is 17.9. The number of methoxy groups -OCH3 is 1. The number of hydrogen-bond acceptors (Lipinski definition) is 6. The van der Waals surface area contributed by atoms with Gasteiger partial charge < -0.3 is 19.7 Å². The van der Waals surface area contributed by atoms with Crippen molar-refractivity contribution in [1.29, 1.82) is 0 Å². The summed E-state index contributed by atoms with van der Waals surface area (Å²) in [4.78, 5) is 23.4. The molecule has 0 aliphatic carbocycles. The molecule has 0 saturated carbocycles. The van der Waals surface area contributed by atoms with Crippen LogP contribution in [-0.4, -0.2) is 77.9 Å². The van der Waals surface area contributed by atoms with Crippen LogP contribution in [0.15, 0.2) is 18.2 Å². The minimum absolute atomic E-state index is 0.661. The van der Waals surface area contributed by atoms with Gasteiger partial charge in [0.2, 0.25) is 0 Å². The van der Waals surface area contributed by atoms with E-state index in [0.717, 1.165) is 37.2 Å². The Kier molecular flexibility index (Phi) is 11.1. The molecular formula is C21H34N2O6. The quantitative estimate of drug-likeness (QED) is 0.631. The van der Waals surface area contributed by atoms with Crippen LogP contribution in [-0.2, 0) is 16.1 Å². The lowest BCUT2D eigenvalue weighted by molar-refractivity contribution is -0.159. The van der Waals surface area contributed by atoms with Crippen LogP contribution in [0.5, 0.6) is 11.5 Å². The van der Waals surface area contributed by atoms with Gasteiger partial charge in [-0.25, -0.2) is 9.59 Å². The molecule has 1 aromatic rings. The number of rotatable bonds is 8. The fourth-order valence-corrected chi connectivity index (χ4v) is 3.44. The third-order valence-corrected chi connectivity index (χ3v) is 4.98. The van der Waals surface area contributed by atoms with Gasteiger partial charge in [-0.2, -0.15) is 0 Å². The summed E-state index contributed by atoms with van der Waals surface area (Å²) in [6.45, 7) is 12.9. The number of benzene rings is 1. The van der Waals surface area contributed by atoms with Gasteiger partial charge in [0, 0.05) is 38.8 Å². The van der Waals surface area contributed by atoms with Crippen LogP contribution in [0.25, 0.3) is 0 Å². The molecule has 1 fully saturated rings. The Bertz CT molecular complexity index is 628. The van der Waals surface area contributed by atoms with Gasteiger partial charge in [-0.1, -0.05) is 19.9 Å². The van der Waals surface area contributed by atoms with Gasteiger partial charge in [0.05, 0.1) is 13.7 Å². The average molecular weight is 411 g/mol. The summed E-state index contributed by atoms with van der Waals surface area (Å²) in [5.41, 5.74) is 1.30. The smallest absolute Gasteiger partial charge is 0.414 e. The van der Waals surface area contributed by atoms with Crippen molar-refractivity contribution in [3.8, 4) is 11.5 Å². The minimum atomic E-state index is -1.82. The number of ether oxygens (including phenoxy) is 2. The largest absolute Gasteiger partial charge is 0.493 e. The van der Waals surface area contributed by atoms with Gasteiger partial charge in [0.25, 0.3) is 0 Å². The van der Waals surface area contributed by atoms with E-state index in [1.165, 1.54) is 31.5 Å². The maximum absolute atomic E-state index is 9.10. The molecular weight excluding hydrogens is 376 g/mol. The lowest BCUT2D eigenvalue weighted by Gasteiger charge is -2.38. The molecule has 1 heterocycles. The molecule has 29 heavy (non-hydrogen) atoms. The molecule has 1 saturated heterocycles. The first-order valence-electron chi connectivity index (χ1n) is 10.1. The number of carboxylic acid groups (broad SMARTS) is 2. The van der Waals surface area contributed by atoms with Crippen LogP contribution in [0.4, 0.5) is 0 Å². The molecule has 0 unspecified atom stereocenters. The highest BCUT2D eigenvalue weighted by Crippen LogP contribution is 2.28. The fraction of sp³-hybridized carbons (Fsp3) is 0.619. The molecule has 0 radical (unpaired) electrons. The molecule has 0 amide bonds. The normalized spacial score (nSPS) is 14.8. The molecule has 0 aromatic heterocycles. The lowest BCUT2D eigenvalue weighted by atomic mass is 10.1. The summed E-state index contributed by atoms with van der Waals surface area (Å²) in [6.07, 6.45) is 2.51. The van der Waals surface area contributed by atoms with Crippen molar-refractivity contribution in [3.63, 3.8) is 0 Å². The van der Waals surface area contributed by atoms with Gasteiger partial charge in [0.15, 0.2) is 11.5 Å². The number of aliphatic carboxylic acids is 2. The number of nitrogens with zero attached hydrogens (tertiary/aromatic N) is 2. The number of carbonyl (C=O) groups is 2. The molecule has 1 aliphatic rings. The molecule has 8 nitrogen and oxygen atoms in total. The first kappa shape index (κ1) is 24.7. The summed E-state index contributed by atoms with van der Waals surface area (Å²) < 4.78 is 11.0. The van der Waals surface area contributed by atoms with E-state index in [9.17, 15) is 0 Å². The molecule has 2 rings (SSSR count). The molecule has 0 spiro atoms. The van der Waals surface area contributed by atoms with E-state index in [-0.39, 0.29) is 0 Å². The highest BCUT2D eigenvalue weighted by atomic mass is 16.5. The van der Waals surface area contributed by atoms with Crippen LogP contribution in [0.3, 0.4) is 0 Å². The number of hydrogen-bond donors (Lipinski definition) is 2. The Hall–Kier alpha value is -2.32. The van der Waals surface area contributed by atoms with Crippen molar-refractivity contribution < 1.29 is 29.3 Å². The molecule has 0 atom stereocenters. The van der Waals surface area contributed by atoms with Crippen molar-refractivity contribution >= 4 is 11.9 Å². The molecule has 164 valence electrons. The Morgan fingerprint density at radius 2 is 1.59 bits per heavy atom. The van der Waals surface area contributed by atoms with Crippen molar-refractivity contribution in [2.45, 2.75) is 46.2 Å². The van der Waals surface area contributed by atoms with Crippen molar-refractivity contribution in [2.75, 3.05) is 39.9 Å². The van der Waals surface area contributed by atoms with Crippen LogP contribution in [0.2, 0.25) is 0 Å². The van der Waals surface area contributed by atoms with E-state index in [4.69, 9.17) is 29.3 Å². The Morgan fingerprint density at radius 1 is 1.00 bits per heavy atom. The molecule has 0 bridgehead atoms. The molecule has 2 N–H and O–H groups in total. The standard InChI is InChI=1S/C19H32N2O2.C2H2O4/c1-5-17(6-2)21-12-10-20(11-13-21)15-16-8-9-18(22-4)19(14-16)23-7-3;3-1(4)2(5)6/h8-9,14,17H,5-7,10-13,15H2,1-4H3;(H,3,4)(H,5,6). The SMILES string of the molecule is CCOc1cc(CN2CCN(C(CC)CC)CC2)ccc1OC.O=C(O)C(=O)O. The number of piperazine rings is 1. The zero-order valence-electron chi connectivity index (χ0n) is 17.9. The summed E-state index contributed by atoms with van der Waals surface area (Å²) in [7, 11) is 1.69. The van der Waals surface area contributed by atoms with Crippen LogP contribution in [0, 0.1) is 0 Å². The van der Waals surface area contributed by atoms with Crippen molar-refractivity contribution in [2.24, 2.45) is 0 Å². The highest BCUT2D eigenvalue weighted by Gasteiger charge is 2.21. The van der Waals surface area contributed by atoms with E-state index in [2.05, 4.69) is 35.8 Å². The van der Waals surface area contributed by atoms with Gasteiger partial charge in [-0.15, -0.1) is 0 Å². The third-order valence-electron chi connectivity index (χ3n) is 4.98. The van der Waals surface area contributed by atoms with E-state index in [1.807, 2.05) is 13.0 Å². The lowest BCUT2D eigenvalue weighted by Crippen LogP contribution is -2.49. The minimum Gasteiger partial charge on any atom is -0.493 e. The van der Waals surface area contributed by atoms with Gasteiger partial charge in [0.1, 0.15) is 0 Å². The summed E-state index contributed by atoms with van der Waals surface area (Å²) in [5, 5.41) is 14.8. The second kappa shape index (κ2) is 13.0. The summed E-state index contributed by atoms with van der Waals surface area (Å²) in [5.74, 6) is -1.98. The maximum atomic E-state index is 9.10. The number of carboxylic acids is 2. The molecule has 1 aromatic carbocycles. The summed E-state index contributed by atoms with van der Waals surface area (Å²) >= 11 is 0. The predicted octanol–water partition coefficient (Wildman–Crippen LogP) is 2.56. The fourth-order valence-electron chi connectivity index (χ4n) is 3.44. The predicted molar refractivity (Wildman–Crippen MR) is 111 cm³/mol. The first-order valence-corrected chi connectivity index (χ1v) is 10.1. The molecule has 8 heteroatoms. The van der Waals surface area contributed by atoms with Gasteiger partial charge >= 0.3 is 11.9 Å². The second-order valence-corrected chi connectivity index (χ2v) is 6.81. The summed E-state index contributed by atoms with van der Waals surface area (Å²) in [6, 6.07) is 7.04. The Balaban J connectivity index is 0.000000612. The van der Waals surface area contributed by atoms with E-state index < -0.39 is 11.9 Å². The first-order chi connectivity index (χ1) is 13.9. The Labute approximate surface area is 173 Å². The zero-order chi connectivity index (χ0) is 21.8. The average Bonchev–Trinajstić information content (AvgIpc) is 2.71. The van der Waals surface area contributed by atoms with Crippen LogP contribution >= 0.6 is 0 Å². The van der Waals surface area contributed by atoms with Crippen molar-refractivity contribution in [1.82, 2.24) is 9.80 Å². The van der Waals surface area contributed by atoms with E-state index in [0.29, 0.717) is 6.61 Å². The third kappa shape index (κ3) is 8.29. The van der Waals surface area contributed by atoms with E-state index >= 15 is 0 Å². The molecule has 1 aliphatic heterocycles. The van der Waals surface area contributed by atoms with Crippen LogP contribution in [0.1, 0.15) is 39.2 Å². The topological polar surface area (TPSA) is 99.5 Å². The second-order valence-electron chi connectivity index (χ2n) is 6.81.